The fourth-order valence-corrected chi connectivity index (χ4v) is 3.50. The Morgan fingerprint density at radius 3 is 3.00 bits per heavy atom. The minimum absolute atomic E-state index is 0.148. The molecule has 0 aromatic carbocycles. The van der Waals surface area contributed by atoms with Crippen LogP contribution in [0.5, 0.6) is 0 Å². The number of nitrogens with one attached hydrogen (secondary N) is 1. The fraction of sp³-hybridized carbons (Fsp3) is 0.800. The van der Waals surface area contributed by atoms with Gasteiger partial charge in [-0.1, -0.05) is 6.92 Å². The van der Waals surface area contributed by atoms with Crippen molar-refractivity contribution in [1.82, 2.24) is 15.2 Å². The van der Waals surface area contributed by atoms with E-state index in [-0.39, 0.29) is 6.10 Å². The molecule has 1 aromatic heterocycles. The van der Waals surface area contributed by atoms with E-state index in [1.807, 2.05) is 0 Å². The van der Waals surface area contributed by atoms with Crippen molar-refractivity contribution in [3.05, 3.63) is 15.6 Å². The molecule has 0 saturated carbocycles. The highest BCUT2D eigenvalue weighted by atomic mass is 32.1. The molecule has 0 bridgehead atoms. The Morgan fingerprint density at radius 2 is 2.30 bits per heavy atom. The molecule has 5 heteroatoms. The highest BCUT2D eigenvalue weighted by molar-refractivity contribution is 7.11. The van der Waals surface area contributed by atoms with Gasteiger partial charge in [0.1, 0.15) is 11.1 Å². The van der Waals surface area contributed by atoms with Gasteiger partial charge in [0, 0.05) is 30.6 Å². The molecule has 1 saturated heterocycles. The van der Waals surface area contributed by atoms with Crippen molar-refractivity contribution < 1.29 is 4.74 Å². The van der Waals surface area contributed by atoms with Gasteiger partial charge in [-0.3, -0.25) is 4.90 Å². The van der Waals surface area contributed by atoms with E-state index >= 15 is 0 Å². The normalized spacial score (nSPS) is 20.8. The number of thiazole rings is 1. The van der Waals surface area contributed by atoms with Crippen molar-refractivity contribution in [3.63, 3.8) is 0 Å². The summed E-state index contributed by atoms with van der Waals surface area (Å²) in [4.78, 5) is 8.55. The number of aryl methyl sites for hydroxylation is 1. The van der Waals surface area contributed by atoms with Crippen LogP contribution in [0.4, 0.5) is 0 Å². The summed E-state index contributed by atoms with van der Waals surface area (Å²) in [5, 5.41) is 4.59. The first-order chi connectivity index (χ1) is 9.61. The second-order valence-electron chi connectivity index (χ2n) is 5.69. The van der Waals surface area contributed by atoms with E-state index in [0.717, 1.165) is 43.5 Å². The minimum Gasteiger partial charge on any atom is -0.368 e. The van der Waals surface area contributed by atoms with Gasteiger partial charge in [-0.05, 0) is 33.7 Å². The molecule has 0 aliphatic carbocycles. The molecule has 0 spiro atoms. The lowest BCUT2D eigenvalue weighted by Crippen LogP contribution is -2.42. The molecule has 114 valence electrons. The fourth-order valence-electron chi connectivity index (χ4n) is 2.42. The summed E-state index contributed by atoms with van der Waals surface area (Å²) in [5.74, 6) is 0. The first kappa shape index (κ1) is 15.9. The Balaban J connectivity index is 1.99. The third-order valence-corrected chi connectivity index (χ3v) is 4.97. The standard InChI is InChI=1S/C15H27N3OS/c1-5-6-16-9-14-12(4)17-15(20-14)13-10-18(11(2)3)7-8-19-13/h11,13,16H,5-10H2,1-4H3. The Labute approximate surface area is 126 Å². The number of ether oxygens (including phenoxy) is 1. The van der Waals surface area contributed by atoms with E-state index in [1.165, 1.54) is 11.3 Å². The summed E-state index contributed by atoms with van der Waals surface area (Å²) in [6.07, 6.45) is 1.31. The van der Waals surface area contributed by atoms with Gasteiger partial charge in [-0.25, -0.2) is 4.98 Å². The molecule has 1 aliphatic rings. The number of morpholine rings is 1. The van der Waals surface area contributed by atoms with Gasteiger partial charge in [0.05, 0.1) is 12.3 Å². The van der Waals surface area contributed by atoms with E-state index in [2.05, 4.69) is 37.9 Å². The Bertz CT molecular complexity index is 419. The average Bonchev–Trinajstić information content (AvgIpc) is 2.81. The van der Waals surface area contributed by atoms with Crippen LogP contribution in [0.1, 0.15) is 48.9 Å². The van der Waals surface area contributed by atoms with Crippen LogP contribution in [-0.4, -0.2) is 42.2 Å². The Kier molecular flexibility index (Phi) is 5.96. The molecule has 1 fully saturated rings. The van der Waals surface area contributed by atoms with Crippen LogP contribution in [0.15, 0.2) is 0 Å². The van der Waals surface area contributed by atoms with Crippen molar-refractivity contribution in [3.8, 4) is 0 Å². The summed E-state index contributed by atoms with van der Waals surface area (Å²) < 4.78 is 5.92. The third-order valence-electron chi connectivity index (χ3n) is 3.73. The first-order valence-corrected chi connectivity index (χ1v) is 8.46. The van der Waals surface area contributed by atoms with Crippen LogP contribution in [0.2, 0.25) is 0 Å². The molecule has 1 atom stereocenters. The molecule has 1 aromatic rings. The van der Waals surface area contributed by atoms with Crippen LogP contribution in [0, 0.1) is 6.92 Å². The molecule has 20 heavy (non-hydrogen) atoms. The van der Waals surface area contributed by atoms with Crippen molar-refractivity contribution in [2.24, 2.45) is 0 Å². The second kappa shape index (κ2) is 7.50. The third kappa shape index (κ3) is 4.01. The van der Waals surface area contributed by atoms with E-state index in [9.17, 15) is 0 Å². The summed E-state index contributed by atoms with van der Waals surface area (Å²) >= 11 is 1.80. The molecular formula is C15H27N3OS. The lowest BCUT2D eigenvalue weighted by Gasteiger charge is -2.34. The van der Waals surface area contributed by atoms with Crippen LogP contribution in [-0.2, 0) is 11.3 Å². The predicted molar refractivity (Wildman–Crippen MR) is 84.3 cm³/mol. The minimum atomic E-state index is 0.148. The Morgan fingerprint density at radius 1 is 1.50 bits per heavy atom. The lowest BCUT2D eigenvalue weighted by atomic mass is 10.2. The van der Waals surface area contributed by atoms with E-state index < -0.39 is 0 Å². The number of hydrogen-bond donors (Lipinski definition) is 1. The van der Waals surface area contributed by atoms with Gasteiger partial charge >= 0.3 is 0 Å². The summed E-state index contributed by atoms with van der Waals surface area (Å²) in [7, 11) is 0. The van der Waals surface area contributed by atoms with Gasteiger partial charge in [0.2, 0.25) is 0 Å². The van der Waals surface area contributed by atoms with E-state index in [4.69, 9.17) is 9.72 Å². The maximum Gasteiger partial charge on any atom is 0.123 e. The monoisotopic (exact) mass is 297 g/mol. The Hall–Kier alpha value is -0.490. The van der Waals surface area contributed by atoms with Gasteiger partial charge in [-0.2, -0.15) is 0 Å². The van der Waals surface area contributed by atoms with E-state index in [1.54, 1.807) is 11.3 Å². The maximum atomic E-state index is 5.92. The number of rotatable bonds is 6. The second-order valence-corrected chi connectivity index (χ2v) is 6.80. The van der Waals surface area contributed by atoms with Crippen LogP contribution in [0.25, 0.3) is 0 Å². The van der Waals surface area contributed by atoms with Gasteiger partial charge in [0.15, 0.2) is 0 Å². The molecule has 0 radical (unpaired) electrons. The van der Waals surface area contributed by atoms with Crippen LogP contribution < -0.4 is 5.32 Å². The molecule has 1 N–H and O–H groups in total. The predicted octanol–water partition coefficient (Wildman–Crippen LogP) is 2.73. The average molecular weight is 297 g/mol. The molecule has 4 nitrogen and oxygen atoms in total. The van der Waals surface area contributed by atoms with Crippen molar-refractivity contribution >= 4 is 11.3 Å². The highest BCUT2D eigenvalue weighted by Gasteiger charge is 2.26. The van der Waals surface area contributed by atoms with Crippen LogP contribution in [0.3, 0.4) is 0 Å². The largest absolute Gasteiger partial charge is 0.368 e. The highest BCUT2D eigenvalue weighted by Crippen LogP contribution is 2.29. The zero-order chi connectivity index (χ0) is 14.5. The molecular weight excluding hydrogens is 270 g/mol. The molecule has 2 heterocycles. The summed E-state index contributed by atoms with van der Waals surface area (Å²) in [6, 6.07) is 0.577. The first-order valence-electron chi connectivity index (χ1n) is 7.64. The SMILES string of the molecule is CCCNCc1sc(C2CN(C(C)C)CCO2)nc1C. The quantitative estimate of drug-likeness (QED) is 0.819. The summed E-state index contributed by atoms with van der Waals surface area (Å²) in [6.45, 7) is 13.6. The van der Waals surface area contributed by atoms with Gasteiger partial charge in [-0.15, -0.1) is 11.3 Å². The topological polar surface area (TPSA) is 37.4 Å². The number of hydrogen-bond acceptors (Lipinski definition) is 5. The lowest BCUT2D eigenvalue weighted by molar-refractivity contribution is -0.0403. The van der Waals surface area contributed by atoms with E-state index in [0.29, 0.717) is 6.04 Å². The van der Waals surface area contributed by atoms with Gasteiger partial charge < -0.3 is 10.1 Å². The molecule has 1 unspecified atom stereocenters. The zero-order valence-corrected chi connectivity index (χ0v) is 13.9. The zero-order valence-electron chi connectivity index (χ0n) is 13.1. The van der Waals surface area contributed by atoms with Crippen LogP contribution >= 0.6 is 11.3 Å². The molecule has 0 amide bonds. The van der Waals surface area contributed by atoms with Crippen molar-refractivity contribution in [2.45, 2.75) is 52.8 Å². The number of aromatic nitrogens is 1. The molecule has 1 aliphatic heterocycles. The van der Waals surface area contributed by atoms with Crippen molar-refractivity contribution in [2.75, 3.05) is 26.2 Å². The summed E-state index contributed by atoms with van der Waals surface area (Å²) in [5.41, 5.74) is 1.15. The number of nitrogens with zero attached hydrogens (tertiary/aromatic N) is 2. The van der Waals surface area contributed by atoms with Gasteiger partial charge in [0.25, 0.3) is 0 Å². The molecule has 2 rings (SSSR count). The maximum absolute atomic E-state index is 5.92. The smallest absolute Gasteiger partial charge is 0.123 e. The van der Waals surface area contributed by atoms with Crippen molar-refractivity contribution in [1.29, 1.82) is 0 Å².